The number of esters is 1. The minimum absolute atomic E-state index is 0.00737. The normalized spacial score (nSPS) is 16.6. The van der Waals surface area contributed by atoms with Crippen molar-refractivity contribution in [1.82, 2.24) is 0 Å². The second-order valence-corrected chi connectivity index (χ2v) is 4.97. The second kappa shape index (κ2) is 5.48. The van der Waals surface area contributed by atoms with Gasteiger partial charge in [-0.15, -0.1) is 0 Å². The largest absolute Gasteiger partial charge is 0.497 e. The summed E-state index contributed by atoms with van der Waals surface area (Å²) in [6.07, 6.45) is 0.0590. The van der Waals surface area contributed by atoms with Gasteiger partial charge in [-0.25, -0.2) is 4.79 Å². The smallest absolute Gasteiger partial charge is 0.339 e. The van der Waals surface area contributed by atoms with E-state index in [1.54, 1.807) is 31.4 Å². The van der Waals surface area contributed by atoms with Crippen LogP contribution in [0.2, 0.25) is 0 Å². The molecule has 2 aromatic rings. The number of ether oxygens (including phenoxy) is 2. The summed E-state index contributed by atoms with van der Waals surface area (Å²) in [5, 5.41) is 10.7. The molecule has 1 aliphatic heterocycles. The minimum atomic E-state index is -0.461. The number of nitrogens with zero attached hydrogens (tertiary/aromatic N) is 1. The maximum Gasteiger partial charge on any atom is 0.339 e. The summed E-state index contributed by atoms with van der Waals surface area (Å²) in [7, 11) is 1.57. The van der Waals surface area contributed by atoms with Crippen molar-refractivity contribution in [2.75, 3.05) is 7.11 Å². The number of carbonyl (C=O) groups is 1. The first-order chi connectivity index (χ1) is 10.6. The van der Waals surface area contributed by atoms with E-state index in [0.717, 1.165) is 11.1 Å². The standard InChI is InChI=1S/C16H13NO5/c1-21-13-6-7-14-11(8-13)9-15(22-16(14)18)10-2-4-12(5-3-10)17(19)20/h2-8,15H,9H2,1H3/t15-/m1/s1. The van der Waals surface area contributed by atoms with Crippen molar-refractivity contribution >= 4 is 11.7 Å². The Morgan fingerprint density at radius 1 is 1.23 bits per heavy atom. The van der Waals surface area contributed by atoms with Gasteiger partial charge in [0.2, 0.25) is 0 Å². The van der Waals surface area contributed by atoms with Gasteiger partial charge in [0, 0.05) is 18.6 Å². The van der Waals surface area contributed by atoms with Gasteiger partial charge >= 0.3 is 5.97 Å². The summed E-state index contributed by atoms with van der Waals surface area (Å²) in [4.78, 5) is 22.3. The zero-order valence-corrected chi connectivity index (χ0v) is 11.8. The fraction of sp³-hybridized carbons (Fsp3) is 0.188. The number of nitro groups is 1. The van der Waals surface area contributed by atoms with E-state index in [4.69, 9.17) is 9.47 Å². The number of methoxy groups -OCH3 is 1. The molecule has 6 heteroatoms. The molecule has 0 N–H and O–H groups in total. The van der Waals surface area contributed by atoms with Crippen LogP contribution < -0.4 is 4.74 Å². The van der Waals surface area contributed by atoms with E-state index in [1.807, 2.05) is 6.07 Å². The summed E-state index contributed by atoms with van der Waals surface area (Å²) in [6, 6.07) is 11.3. The zero-order valence-electron chi connectivity index (χ0n) is 11.8. The molecular formula is C16H13NO5. The van der Waals surface area contributed by atoms with Gasteiger partial charge in [0.05, 0.1) is 17.6 Å². The van der Waals surface area contributed by atoms with E-state index >= 15 is 0 Å². The Bertz CT molecular complexity index is 739. The molecule has 6 nitrogen and oxygen atoms in total. The topological polar surface area (TPSA) is 78.7 Å². The lowest BCUT2D eigenvalue weighted by Crippen LogP contribution is -2.21. The van der Waals surface area contributed by atoms with Crippen LogP contribution in [0.3, 0.4) is 0 Å². The Labute approximate surface area is 126 Å². The highest BCUT2D eigenvalue weighted by atomic mass is 16.6. The van der Waals surface area contributed by atoms with E-state index in [1.165, 1.54) is 12.1 Å². The number of nitro benzene ring substituents is 1. The fourth-order valence-corrected chi connectivity index (χ4v) is 2.50. The molecule has 0 amide bonds. The molecule has 3 rings (SSSR count). The first kappa shape index (κ1) is 14.1. The first-order valence-corrected chi connectivity index (χ1v) is 6.70. The first-order valence-electron chi connectivity index (χ1n) is 6.70. The van der Waals surface area contributed by atoms with Crippen LogP contribution in [-0.2, 0) is 11.2 Å². The van der Waals surface area contributed by atoms with Crippen LogP contribution in [0.25, 0.3) is 0 Å². The molecule has 0 unspecified atom stereocenters. The monoisotopic (exact) mass is 299 g/mol. The Kier molecular flexibility index (Phi) is 3.50. The molecule has 1 aliphatic rings. The molecule has 1 atom stereocenters. The van der Waals surface area contributed by atoms with E-state index in [0.29, 0.717) is 17.7 Å². The number of hydrogen-bond acceptors (Lipinski definition) is 5. The molecule has 0 bridgehead atoms. The van der Waals surface area contributed by atoms with Gasteiger partial charge in [0.25, 0.3) is 5.69 Å². The highest BCUT2D eigenvalue weighted by molar-refractivity contribution is 5.92. The Morgan fingerprint density at radius 2 is 1.95 bits per heavy atom. The molecule has 0 saturated heterocycles. The van der Waals surface area contributed by atoms with E-state index in [2.05, 4.69) is 0 Å². The maximum absolute atomic E-state index is 12.1. The molecule has 0 aliphatic carbocycles. The Morgan fingerprint density at radius 3 is 2.59 bits per heavy atom. The van der Waals surface area contributed by atoms with E-state index in [-0.39, 0.29) is 5.69 Å². The van der Waals surface area contributed by atoms with Crippen LogP contribution >= 0.6 is 0 Å². The van der Waals surface area contributed by atoms with Crippen LogP contribution in [0.5, 0.6) is 5.75 Å². The van der Waals surface area contributed by atoms with Crippen molar-refractivity contribution in [2.24, 2.45) is 0 Å². The van der Waals surface area contributed by atoms with Crippen molar-refractivity contribution in [1.29, 1.82) is 0 Å². The molecule has 0 aromatic heterocycles. The molecule has 0 fully saturated rings. The number of benzene rings is 2. The van der Waals surface area contributed by atoms with E-state index in [9.17, 15) is 14.9 Å². The Hall–Kier alpha value is -2.89. The molecule has 112 valence electrons. The van der Waals surface area contributed by atoms with Crippen LogP contribution in [0, 0.1) is 10.1 Å². The van der Waals surface area contributed by atoms with Gasteiger partial charge in [-0.1, -0.05) is 0 Å². The highest BCUT2D eigenvalue weighted by Gasteiger charge is 2.28. The molecule has 0 saturated carbocycles. The third-order valence-corrected chi connectivity index (χ3v) is 3.66. The lowest BCUT2D eigenvalue weighted by molar-refractivity contribution is -0.384. The van der Waals surface area contributed by atoms with Gasteiger partial charge in [-0.2, -0.15) is 0 Å². The van der Waals surface area contributed by atoms with E-state index < -0.39 is 17.0 Å². The lowest BCUT2D eigenvalue weighted by Gasteiger charge is -2.25. The summed E-state index contributed by atoms with van der Waals surface area (Å²) in [5.74, 6) is 0.281. The average molecular weight is 299 g/mol. The van der Waals surface area contributed by atoms with Crippen molar-refractivity contribution in [3.05, 3.63) is 69.3 Å². The SMILES string of the molecule is COc1ccc2c(c1)C[C@H](c1ccc([N+](=O)[O-])cc1)OC2=O. The van der Waals surface area contributed by atoms with Crippen molar-refractivity contribution in [2.45, 2.75) is 12.5 Å². The molecular weight excluding hydrogens is 286 g/mol. The number of fused-ring (bicyclic) bond motifs is 1. The van der Waals surface area contributed by atoms with Gasteiger partial charge in [0.15, 0.2) is 0 Å². The summed E-state index contributed by atoms with van der Waals surface area (Å²) >= 11 is 0. The minimum Gasteiger partial charge on any atom is -0.497 e. The summed E-state index contributed by atoms with van der Waals surface area (Å²) < 4.78 is 10.6. The van der Waals surface area contributed by atoms with Crippen molar-refractivity contribution in [3.63, 3.8) is 0 Å². The number of cyclic esters (lactones) is 1. The molecule has 2 aromatic carbocycles. The van der Waals surface area contributed by atoms with Gasteiger partial charge in [0.1, 0.15) is 11.9 Å². The maximum atomic E-state index is 12.1. The lowest BCUT2D eigenvalue weighted by atomic mass is 9.94. The predicted molar refractivity (Wildman–Crippen MR) is 78.0 cm³/mol. The van der Waals surface area contributed by atoms with Crippen LogP contribution in [0.1, 0.15) is 27.6 Å². The second-order valence-electron chi connectivity index (χ2n) is 4.97. The number of carbonyl (C=O) groups excluding carboxylic acids is 1. The van der Waals surface area contributed by atoms with Gasteiger partial charge < -0.3 is 9.47 Å². The third-order valence-electron chi connectivity index (χ3n) is 3.66. The predicted octanol–water partition coefficient (Wildman–Crippen LogP) is 3.06. The van der Waals surface area contributed by atoms with Gasteiger partial charge in [-0.05, 0) is 41.5 Å². The third kappa shape index (κ3) is 2.50. The number of hydrogen-bond donors (Lipinski definition) is 0. The molecule has 22 heavy (non-hydrogen) atoms. The number of rotatable bonds is 3. The quantitative estimate of drug-likeness (QED) is 0.494. The average Bonchev–Trinajstić information content (AvgIpc) is 2.54. The fourth-order valence-electron chi connectivity index (χ4n) is 2.50. The highest BCUT2D eigenvalue weighted by Crippen LogP contribution is 2.33. The van der Waals surface area contributed by atoms with Crippen LogP contribution in [-0.4, -0.2) is 18.0 Å². The molecule has 0 radical (unpaired) electrons. The molecule has 1 heterocycles. The summed E-state index contributed by atoms with van der Waals surface area (Å²) in [5.41, 5.74) is 2.11. The molecule has 0 spiro atoms. The van der Waals surface area contributed by atoms with Crippen LogP contribution in [0.4, 0.5) is 5.69 Å². The summed E-state index contributed by atoms with van der Waals surface area (Å²) in [6.45, 7) is 0. The van der Waals surface area contributed by atoms with Crippen molar-refractivity contribution in [3.8, 4) is 5.75 Å². The van der Waals surface area contributed by atoms with Gasteiger partial charge in [-0.3, -0.25) is 10.1 Å². The number of non-ortho nitro benzene ring substituents is 1. The van der Waals surface area contributed by atoms with Crippen LogP contribution in [0.15, 0.2) is 42.5 Å². The van der Waals surface area contributed by atoms with Crippen molar-refractivity contribution < 1.29 is 19.2 Å². The zero-order chi connectivity index (χ0) is 15.7. The Balaban J connectivity index is 1.90.